The Bertz CT molecular complexity index is 524. The predicted molar refractivity (Wildman–Crippen MR) is 72.3 cm³/mol. The van der Waals surface area contributed by atoms with Crippen LogP contribution >= 0.6 is 0 Å². The van der Waals surface area contributed by atoms with Crippen LogP contribution in [0.1, 0.15) is 26.3 Å². The van der Waals surface area contributed by atoms with Crippen LogP contribution in [0.25, 0.3) is 0 Å². The van der Waals surface area contributed by atoms with Crippen LogP contribution in [-0.2, 0) is 11.3 Å². The Morgan fingerprint density at radius 3 is 2.76 bits per heavy atom. The second kappa shape index (κ2) is 5.85. The summed E-state index contributed by atoms with van der Waals surface area (Å²) in [4.78, 5) is 16.8. The lowest BCUT2D eigenvalue weighted by atomic mass is 10.1. The van der Waals surface area contributed by atoms with E-state index in [1.54, 1.807) is 20.8 Å². The molecule has 1 aliphatic heterocycles. The van der Waals surface area contributed by atoms with Gasteiger partial charge in [0, 0.05) is 5.56 Å². The van der Waals surface area contributed by atoms with E-state index in [0.717, 1.165) is 0 Å². The quantitative estimate of drug-likeness (QED) is 0.860. The van der Waals surface area contributed by atoms with Gasteiger partial charge in [-0.25, -0.2) is 9.78 Å². The number of carbonyl (C=O) groups is 1. The first-order valence-corrected chi connectivity index (χ1v) is 6.68. The van der Waals surface area contributed by atoms with Crippen LogP contribution in [0, 0.1) is 5.95 Å². The number of amides is 1. The number of aliphatic hydroxyl groups is 1. The molecule has 1 aliphatic rings. The molecule has 1 amide bonds. The maximum Gasteiger partial charge on any atom is 0.410 e. The van der Waals surface area contributed by atoms with Crippen LogP contribution < -0.4 is 4.74 Å². The second-order valence-electron chi connectivity index (χ2n) is 5.90. The summed E-state index contributed by atoms with van der Waals surface area (Å²) in [7, 11) is 0. The van der Waals surface area contributed by atoms with Crippen LogP contribution in [-0.4, -0.2) is 45.9 Å². The fourth-order valence-corrected chi connectivity index (χ4v) is 1.83. The molecule has 1 aromatic heterocycles. The summed E-state index contributed by atoms with van der Waals surface area (Å²) in [5.41, 5.74) is -0.448. The van der Waals surface area contributed by atoms with Crippen molar-refractivity contribution in [3.8, 4) is 5.75 Å². The van der Waals surface area contributed by atoms with Gasteiger partial charge in [0.2, 0.25) is 5.95 Å². The highest BCUT2D eigenvalue weighted by atomic mass is 19.1. The van der Waals surface area contributed by atoms with Gasteiger partial charge in [-0.05, 0) is 26.8 Å². The molecular weight excluding hydrogens is 279 g/mol. The van der Waals surface area contributed by atoms with Crippen LogP contribution in [0.15, 0.2) is 12.3 Å². The van der Waals surface area contributed by atoms with E-state index >= 15 is 0 Å². The molecule has 1 N–H and O–H groups in total. The lowest BCUT2D eigenvalue weighted by Gasteiger charge is -2.39. The molecule has 0 atom stereocenters. The minimum atomic E-state index is -0.714. The number of likely N-dealkylation sites (tertiary alicyclic amines) is 1. The Kier molecular flexibility index (Phi) is 4.32. The third kappa shape index (κ3) is 4.04. The van der Waals surface area contributed by atoms with Gasteiger partial charge in [0.1, 0.15) is 17.5 Å². The molecule has 0 aromatic carbocycles. The highest BCUT2D eigenvalue weighted by Crippen LogP contribution is 2.21. The van der Waals surface area contributed by atoms with Crippen molar-refractivity contribution < 1.29 is 23.8 Å². The van der Waals surface area contributed by atoms with E-state index < -0.39 is 18.2 Å². The standard InChI is InChI=1S/C14H19FN2O4/c1-14(2,3)21-13(19)17-6-11(7-17)20-10-4-9(8-18)12(15)16-5-10/h4-5,11,18H,6-8H2,1-3H3. The molecule has 2 heterocycles. The molecule has 1 saturated heterocycles. The van der Waals surface area contributed by atoms with Crippen molar-refractivity contribution in [3.05, 3.63) is 23.8 Å². The van der Waals surface area contributed by atoms with Gasteiger partial charge in [0.15, 0.2) is 0 Å². The number of carbonyl (C=O) groups excluding carboxylic acids is 1. The molecule has 6 nitrogen and oxygen atoms in total. The second-order valence-corrected chi connectivity index (χ2v) is 5.90. The number of hydrogen-bond acceptors (Lipinski definition) is 5. The predicted octanol–water partition coefficient (Wildman–Crippen LogP) is 1.71. The summed E-state index contributed by atoms with van der Waals surface area (Å²) < 4.78 is 23.9. The Morgan fingerprint density at radius 1 is 1.52 bits per heavy atom. The first-order valence-electron chi connectivity index (χ1n) is 6.68. The Balaban J connectivity index is 1.84. The van der Waals surface area contributed by atoms with E-state index in [2.05, 4.69) is 4.98 Å². The van der Waals surface area contributed by atoms with E-state index in [1.165, 1.54) is 17.2 Å². The zero-order valence-electron chi connectivity index (χ0n) is 12.3. The van der Waals surface area contributed by atoms with E-state index in [9.17, 15) is 9.18 Å². The molecule has 0 unspecified atom stereocenters. The highest BCUT2D eigenvalue weighted by Gasteiger charge is 2.35. The lowest BCUT2D eigenvalue weighted by molar-refractivity contribution is -0.0222. The first-order chi connectivity index (χ1) is 9.78. The molecule has 0 saturated carbocycles. The molecule has 116 valence electrons. The summed E-state index contributed by atoms with van der Waals surface area (Å²) in [5.74, 6) is -0.344. The minimum Gasteiger partial charge on any atom is -0.485 e. The summed E-state index contributed by atoms with van der Waals surface area (Å²) in [5, 5.41) is 8.97. The summed E-state index contributed by atoms with van der Waals surface area (Å²) in [6.07, 6.45) is 0.692. The van der Waals surface area contributed by atoms with Gasteiger partial charge < -0.3 is 19.5 Å². The molecule has 1 fully saturated rings. The van der Waals surface area contributed by atoms with E-state index in [4.69, 9.17) is 14.6 Å². The van der Waals surface area contributed by atoms with E-state index in [1.807, 2.05) is 0 Å². The number of nitrogens with zero attached hydrogens (tertiary/aromatic N) is 2. The smallest absolute Gasteiger partial charge is 0.410 e. The lowest BCUT2D eigenvalue weighted by Crippen LogP contribution is -2.57. The van der Waals surface area contributed by atoms with Crippen molar-refractivity contribution in [2.75, 3.05) is 13.1 Å². The normalized spacial score (nSPS) is 15.6. The molecule has 21 heavy (non-hydrogen) atoms. The molecule has 1 aromatic rings. The molecule has 7 heteroatoms. The van der Waals surface area contributed by atoms with Gasteiger partial charge in [-0.3, -0.25) is 0 Å². The van der Waals surface area contributed by atoms with Crippen LogP contribution in [0.3, 0.4) is 0 Å². The number of pyridine rings is 1. The zero-order valence-corrected chi connectivity index (χ0v) is 12.3. The van der Waals surface area contributed by atoms with Crippen molar-refractivity contribution >= 4 is 6.09 Å². The number of rotatable bonds is 3. The molecular formula is C14H19FN2O4. The summed E-state index contributed by atoms with van der Waals surface area (Å²) in [6.45, 7) is 5.78. The van der Waals surface area contributed by atoms with Gasteiger partial charge in [-0.15, -0.1) is 0 Å². The van der Waals surface area contributed by atoms with Crippen molar-refractivity contribution in [1.82, 2.24) is 9.88 Å². The SMILES string of the molecule is CC(C)(C)OC(=O)N1CC(Oc2cnc(F)c(CO)c2)C1. The fraction of sp³-hybridized carbons (Fsp3) is 0.571. The number of aliphatic hydroxyl groups excluding tert-OH is 1. The third-order valence-electron chi connectivity index (χ3n) is 2.86. The van der Waals surface area contributed by atoms with Crippen molar-refractivity contribution in [1.29, 1.82) is 0 Å². The number of ether oxygens (including phenoxy) is 2. The average molecular weight is 298 g/mol. The van der Waals surface area contributed by atoms with Gasteiger partial charge in [0.25, 0.3) is 0 Å². The van der Waals surface area contributed by atoms with Crippen molar-refractivity contribution in [3.63, 3.8) is 0 Å². The number of hydrogen-bond donors (Lipinski definition) is 1. The van der Waals surface area contributed by atoms with Crippen molar-refractivity contribution in [2.24, 2.45) is 0 Å². The van der Waals surface area contributed by atoms with Crippen LogP contribution in [0.2, 0.25) is 0 Å². The summed E-state index contributed by atoms with van der Waals surface area (Å²) >= 11 is 0. The van der Waals surface area contributed by atoms with Crippen LogP contribution in [0.5, 0.6) is 5.75 Å². The molecule has 2 rings (SSSR count). The summed E-state index contributed by atoms with van der Waals surface area (Å²) in [6, 6.07) is 1.40. The van der Waals surface area contributed by atoms with E-state index in [-0.39, 0.29) is 17.8 Å². The van der Waals surface area contributed by atoms with Gasteiger partial charge in [0.05, 0.1) is 25.9 Å². The number of aromatic nitrogens is 1. The first kappa shape index (κ1) is 15.5. The highest BCUT2D eigenvalue weighted by molar-refractivity contribution is 5.69. The Labute approximate surface area is 122 Å². The monoisotopic (exact) mass is 298 g/mol. The minimum absolute atomic E-state index is 0.0795. The average Bonchev–Trinajstić information content (AvgIpc) is 2.32. The molecule has 0 aliphatic carbocycles. The van der Waals surface area contributed by atoms with Gasteiger partial charge in [-0.1, -0.05) is 0 Å². The molecule has 0 radical (unpaired) electrons. The van der Waals surface area contributed by atoms with Crippen molar-refractivity contribution in [2.45, 2.75) is 39.1 Å². The van der Waals surface area contributed by atoms with Gasteiger partial charge in [-0.2, -0.15) is 4.39 Å². The maximum absolute atomic E-state index is 13.1. The zero-order chi connectivity index (χ0) is 15.6. The maximum atomic E-state index is 13.1. The third-order valence-corrected chi connectivity index (χ3v) is 2.86. The number of halogens is 1. The Morgan fingerprint density at radius 2 is 2.19 bits per heavy atom. The van der Waals surface area contributed by atoms with Gasteiger partial charge >= 0.3 is 6.09 Å². The van der Waals surface area contributed by atoms with Crippen LogP contribution in [0.4, 0.5) is 9.18 Å². The topological polar surface area (TPSA) is 71.9 Å². The van der Waals surface area contributed by atoms with E-state index in [0.29, 0.717) is 18.8 Å². The Hall–Kier alpha value is -1.89. The molecule has 0 spiro atoms. The fourth-order valence-electron chi connectivity index (χ4n) is 1.83. The largest absolute Gasteiger partial charge is 0.485 e. The molecule has 0 bridgehead atoms.